The minimum absolute atomic E-state index is 0.0197. The number of rotatable bonds is 3. The molecule has 1 aromatic carbocycles. The molecule has 6 nitrogen and oxygen atoms in total. The van der Waals surface area contributed by atoms with Crippen LogP contribution in [0.4, 0.5) is 0 Å². The van der Waals surface area contributed by atoms with Crippen LogP contribution in [0.5, 0.6) is 0 Å². The predicted molar refractivity (Wildman–Crippen MR) is 105 cm³/mol. The first-order chi connectivity index (χ1) is 13.0. The molecule has 0 saturated carbocycles. The van der Waals surface area contributed by atoms with Crippen molar-refractivity contribution in [2.45, 2.75) is 13.8 Å². The van der Waals surface area contributed by atoms with Gasteiger partial charge in [-0.25, -0.2) is 4.98 Å². The summed E-state index contributed by atoms with van der Waals surface area (Å²) < 4.78 is 6.89. The Kier molecular flexibility index (Phi) is 4.70. The first kappa shape index (κ1) is 17.7. The molecule has 1 saturated heterocycles. The molecule has 7 heteroatoms. The van der Waals surface area contributed by atoms with Crippen molar-refractivity contribution in [1.82, 2.24) is 14.8 Å². The summed E-state index contributed by atoms with van der Waals surface area (Å²) in [6.45, 7) is 5.96. The molecule has 140 valence electrons. The van der Waals surface area contributed by atoms with E-state index in [4.69, 9.17) is 4.42 Å². The number of amides is 2. The molecule has 2 amide bonds. The van der Waals surface area contributed by atoms with Crippen molar-refractivity contribution in [1.29, 1.82) is 0 Å². The third kappa shape index (κ3) is 3.47. The van der Waals surface area contributed by atoms with Crippen LogP contribution in [-0.2, 0) is 4.79 Å². The Bertz CT molecular complexity index is 950. The van der Waals surface area contributed by atoms with Crippen molar-refractivity contribution in [2.24, 2.45) is 5.92 Å². The highest BCUT2D eigenvalue weighted by atomic mass is 32.1. The van der Waals surface area contributed by atoms with Crippen molar-refractivity contribution >= 4 is 33.4 Å². The second kappa shape index (κ2) is 7.15. The maximum absolute atomic E-state index is 12.7. The number of piperazine rings is 1. The molecule has 1 aliphatic rings. The third-order valence-electron chi connectivity index (χ3n) is 4.69. The minimum atomic E-state index is -0.140. The van der Waals surface area contributed by atoms with Gasteiger partial charge < -0.3 is 14.2 Å². The molecule has 0 N–H and O–H groups in total. The normalized spacial score (nSPS) is 14.9. The molecule has 1 fully saturated rings. The van der Waals surface area contributed by atoms with Gasteiger partial charge in [-0.2, -0.15) is 0 Å². The van der Waals surface area contributed by atoms with Gasteiger partial charge in [0.05, 0.1) is 10.2 Å². The van der Waals surface area contributed by atoms with E-state index in [-0.39, 0.29) is 17.7 Å². The fraction of sp³-hybridized carbons (Fsp3) is 0.350. The number of hydrogen-bond donors (Lipinski definition) is 0. The average Bonchev–Trinajstić information content (AvgIpc) is 3.33. The van der Waals surface area contributed by atoms with Gasteiger partial charge in [-0.3, -0.25) is 9.59 Å². The van der Waals surface area contributed by atoms with Gasteiger partial charge in [0.25, 0.3) is 5.91 Å². The largest absolute Gasteiger partial charge is 0.448 e. The maximum atomic E-state index is 12.7. The Labute approximate surface area is 161 Å². The molecule has 0 radical (unpaired) electrons. The highest BCUT2D eigenvalue weighted by Crippen LogP contribution is 2.31. The van der Waals surface area contributed by atoms with E-state index in [0.717, 1.165) is 15.2 Å². The van der Waals surface area contributed by atoms with E-state index in [1.54, 1.807) is 28.4 Å². The van der Waals surface area contributed by atoms with Crippen LogP contribution in [0.2, 0.25) is 0 Å². The standard InChI is InChI=1S/C20H21N3O3S/c1-13(2)19(24)22-9-11-23(12-10-22)20(25)16-8-7-15(26-16)18-21-14-5-3-4-6-17(14)27-18/h3-8,13H,9-12H2,1-2H3. The van der Waals surface area contributed by atoms with Crippen LogP contribution in [0.15, 0.2) is 40.8 Å². The summed E-state index contributed by atoms with van der Waals surface area (Å²) in [4.78, 5) is 32.9. The van der Waals surface area contributed by atoms with Crippen molar-refractivity contribution in [3.05, 3.63) is 42.2 Å². The van der Waals surface area contributed by atoms with Crippen LogP contribution in [0, 0.1) is 5.92 Å². The van der Waals surface area contributed by atoms with Gasteiger partial charge >= 0.3 is 0 Å². The predicted octanol–water partition coefficient (Wildman–Crippen LogP) is 3.50. The van der Waals surface area contributed by atoms with E-state index < -0.39 is 0 Å². The molecule has 4 rings (SSSR count). The van der Waals surface area contributed by atoms with Gasteiger partial charge in [-0.05, 0) is 24.3 Å². The van der Waals surface area contributed by atoms with E-state index in [2.05, 4.69) is 4.98 Å². The number of aromatic nitrogens is 1. The summed E-state index contributed by atoms with van der Waals surface area (Å²) in [5, 5.41) is 0.766. The van der Waals surface area contributed by atoms with E-state index in [1.165, 1.54) is 0 Å². The summed E-state index contributed by atoms with van der Waals surface area (Å²) in [5.74, 6) is 0.895. The van der Waals surface area contributed by atoms with Crippen LogP contribution in [-0.4, -0.2) is 52.8 Å². The summed E-state index contributed by atoms with van der Waals surface area (Å²) >= 11 is 1.54. The number of hydrogen-bond acceptors (Lipinski definition) is 5. The second-order valence-corrected chi connectivity index (χ2v) is 7.95. The molecule has 3 aromatic rings. The lowest BCUT2D eigenvalue weighted by Gasteiger charge is -2.35. The van der Waals surface area contributed by atoms with E-state index in [9.17, 15) is 9.59 Å². The van der Waals surface area contributed by atoms with Gasteiger partial charge in [-0.15, -0.1) is 11.3 Å². The number of fused-ring (bicyclic) bond motifs is 1. The summed E-state index contributed by atoms with van der Waals surface area (Å²) in [6.07, 6.45) is 0. The van der Waals surface area contributed by atoms with Gasteiger partial charge in [0, 0.05) is 32.1 Å². The van der Waals surface area contributed by atoms with Crippen LogP contribution < -0.4 is 0 Å². The fourth-order valence-electron chi connectivity index (χ4n) is 3.20. The van der Waals surface area contributed by atoms with Gasteiger partial charge in [-0.1, -0.05) is 26.0 Å². The van der Waals surface area contributed by atoms with E-state index in [1.807, 2.05) is 43.0 Å². The third-order valence-corrected chi connectivity index (χ3v) is 5.74. The Balaban J connectivity index is 1.45. The first-order valence-corrected chi connectivity index (χ1v) is 9.88. The maximum Gasteiger partial charge on any atom is 0.289 e. The lowest BCUT2D eigenvalue weighted by Crippen LogP contribution is -2.51. The molecule has 0 spiro atoms. The number of furan rings is 1. The van der Waals surface area contributed by atoms with Gasteiger partial charge in [0.15, 0.2) is 16.5 Å². The van der Waals surface area contributed by atoms with E-state index >= 15 is 0 Å². The van der Waals surface area contributed by atoms with Gasteiger partial charge in [0.1, 0.15) is 0 Å². The zero-order chi connectivity index (χ0) is 19.0. The highest BCUT2D eigenvalue weighted by molar-refractivity contribution is 7.21. The topological polar surface area (TPSA) is 66.7 Å². The second-order valence-electron chi connectivity index (χ2n) is 6.92. The molecule has 0 atom stereocenters. The lowest BCUT2D eigenvalue weighted by molar-refractivity contribution is -0.135. The lowest BCUT2D eigenvalue weighted by atomic mass is 10.1. The van der Waals surface area contributed by atoms with Crippen LogP contribution in [0.1, 0.15) is 24.4 Å². The Morgan fingerprint density at radius 2 is 1.74 bits per heavy atom. The molecule has 0 aliphatic carbocycles. The van der Waals surface area contributed by atoms with Crippen molar-refractivity contribution in [3.8, 4) is 10.8 Å². The molecule has 0 unspecified atom stereocenters. The molecular weight excluding hydrogens is 362 g/mol. The van der Waals surface area contributed by atoms with E-state index in [0.29, 0.717) is 37.7 Å². The SMILES string of the molecule is CC(C)C(=O)N1CCN(C(=O)c2ccc(-c3nc4ccccc4s3)o2)CC1. The van der Waals surface area contributed by atoms with Crippen LogP contribution in [0.25, 0.3) is 21.0 Å². The number of carbonyl (C=O) groups excluding carboxylic acids is 2. The number of carbonyl (C=O) groups is 2. The minimum Gasteiger partial charge on any atom is -0.448 e. The van der Waals surface area contributed by atoms with Crippen LogP contribution in [0.3, 0.4) is 0 Å². The molecule has 27 heavy (non-hydrogen) atoms. The zero-order valence-corrected chi connectivity index (χ0v) is 16.2. The van der Waals surface area contributed by atoms with Crippen molar-refractivity contribution in [2.75, 3.05) is 26.2 Å². The fourth-order valence-corrected chi connectivity index (χ4v) is 4.12. The van der Waals surface area contributed by atoms with Crippen molar-refractivity contribution in [3.63, 3.8) is 0 Å². The summed E-state index contributed by atoms with van der Waals surface area (Å²) in [7, 11) is 0. The number of benzene rings is 1. The first-order valence-electron chi connectivity index (χ1n) is 9.07. The Hall–Kier alpha value is -2.67. The molecule has 3 heterocycles. The smallest absolute Gasteiger partial charge is 0.289 e. The molecule has 2 aromatic heterocycles. The number of nitrogens with zero attached hydrogens (tertiary/aromatic N) is 3. The molecular formula is C20H21N3O3S. The highest BCUT2D eigenvalue weighted by Gasteiger charge is 2.27. The monoisotopic (exact) mass is 383 g/mol. The Morgan fingerprint density at radius 3 is 2.44 bits per heavy atom. The zero-order valence-electron chi connectivity index (χ0n) is 15.3. The molecule has 0 bridgehead atoms. The Morgan fingerprint density at radius 1 is 1.04 bits per heavy atom. The molecule has 1 aliphatic heterocycles. The quantitative estimate of drug-likeness (QED) is 0.694. The number of para-hydroxylation sites is 1. The van der Waals surface area contributed by atoms with Crippen molar-refractivity contribution < 1.29 is 14.0 Å². The average molecular weight is 383 g/mol. The summed E-state index contributed by atoms with van der Waals surface area (Å²) in [5.41, 5.74) is 0.924. The van der Waals surface area contributed by atoms with Crippen LogP contribution >= 0.6 is 11.3 Å². The summed E-state index contributed by atoms with van der Waals surface area (Å²) in [6, 6.07) is 11.4. The number of thiazole rings is 1. The van der Waals surface area contributed by atoms with Gasteiger partial charge in [0.2, 0.25) is 5.91 Å².